The molecular formula is C22H28N2. The second-order valence-electron chi connectivity index (χ2n) is 7.54. The van der Waals surface area contributed by atoms with Crippen LogP contribution in [0.1, 0.15) is 63.4 Å². The van der Waals surface area contributed by atoms with Crippen molar-refractivity contribution in [3.63, 3.8) is 0 Å². The Labute approximate surface area is 145 Å². The van der Waals surface area contributed by atoms with Crippen molar-refractivity contribution in [2.45, 2.75) is 69.9 Å². The van der Waals surface area contributed by atoms with Crippen molar-refractivity contribution in [3.05, 3.63) is 59.3 Å². The molecule has 2 nitrogen and oxygen atoms in total. The fourth-order valence-electron chi connectivity index (χ4n) is 4.50. The lowest BCUT2D eigenvalue weighted by molar-refractivity contribution is 0.360. The fraction of sp³-hybridized carbons (Fsp3) is 0.500. The third-order valence-corrected chi connectivity index (χ3v) is 5.79. The Balaban J connectivity index is 1.40. The van der Waals surface area contributed by atoms with Gasteiger partial charge in [-0.2, -0.15) is 0 Å². The first-order valence-electron chi connectivity index (χ1n) is 9.57. The molecule has 1 saturated carbocycles. The zero-order chi connectivity index (χ0) is 16.4. The number of rotatable bonds is 3. The van der Waals surface area contributed by atoms with E-state index in [0.29, 0.717) is 12.1 Å². The van der Waals surface area contributed by atoms with Gasteiger partial charge in [0.1, 0.15) is 0 Å². The summed E-state index contributed by atoms with van der Waals surface area (Å²) in [6, 6.07) is 12.1. The predicted molar refractivity (Wildman–Crippen MR) is 101 cm³/mol. The number of nitrogens with zero attached hydrogens (tertiary/aromatic N) is 1. The highest BCUT2D eigenvalue weighted by Gasteiger charge is 2.27. The average molecular weight is 320 g/mol. The van der Waals surface area contributed by atoms with Gasteiger partial charge in [-0.05, 0) is 75.0 Å². The van der Waals surface area contributed by atoms with Crippen LogP contribution in [0, 0.1) is 0 Å². The summed E-state index contributed by atoms with van der Waals surface area (Å²) in [6.07, 6.45) is 13.5. The first-order chi connectivity index (χ1) is 11.8. The minimum atomic E-state index is 0.409. The molecule has 126 valence electrons. The maximum Gasteiger partial charge on any atom is 0.0769 e. The van der Waals surface area contributed by atoms with Gasteiger partial charge in [0.2, 0.25) is 0 Å². The van der Waals surface area contributed by atoms with Gasteiger partial charge in [-0.25, -0.2) is 0 Å². The Morgan fingerprint density at radius 3 is 2.58 bits per heavy atom. The van der Waals surface area contributed by atoms with E-state index in [0.717, 1.165) is 5.92 Å². The standard InChI is InChI=1S/C22H28N2/c1-16-15-22(20-9-5-6-10-21(20)23-16)24-19-13-11-18(12-14-19)17-7-3-2-4-8-17/h2-4,7-9,15,18-19,21,24H,5-6,10-14H2,1H3. The van der Waals surface area contributed by atoms with Crippen LogP contribution in [0.3, 0.4) is 0 Å². The van der Waals surface area contributed by atoms with Gasteiger partial charge in [0.15, 0.2) is 0 Å². The lowest BCUT2D eigenvalue weighted by Crippen LogP contribution is -2.36. The molecule has 24 heavy (non-hydrogen) atoms. The van der Waals surface area contributed by atoms with E-state index in [1.54, 1.807) is 0 Å². The molecule has 1 aliphatic heterocycles. The van der Waals surface area contributed by atoms with Crippen LogP contribution in [0.15, 0.2) is 58.7 Å². The summed E-state index contributed by atoms with van der Waals surface area (Å²) < 4.78 is 0. The molecule has 1 N–H and O–H groups in total. The number of benzene rings is 1. The van der Waals surface area contributed by atoms with Crippen molar-refractivity contribution in [2.24, 2.45) is 4.99 Å². The normalized spacial score (nSPS) is 29.9. The van der Waals surface area contributed by atoms with E-state index in [4.69, 9.17) is 4.99 Å². The second-order valence-corrected chi connectivity index (χ2v) is 7.54. The average Bonchev–Trinajstić information content (AvgIpc) is 2.63. The van der Waals surface area contributed by atoms with E-state index >= 15 is 0 Å². The van der Waals surface area contributed by atoms with Crippen molar-refractivity contribution in [3.8, 4) is 0 Å². The Bertz CT molecular complexity index is 660. The number of hydrogen-bond acceptors (Lipinski definition) is 2. The zero-order valence-corrected chi connectivity index (χ0v) is 14.7. The summed E-state index contributed by atoms with van der Waals surface area (Å²) in [7, 11) is 0. The monoisotopic (exact) mass is 320 g/mol. The quantitative estimate of drug-likeness (QED) is 0.819. The van der Waals surface area contributed by atoms with Crippen LogP contribution < -0.4 is 5.32 Å². The third-order valence-electron chi connectivity index (χ3n) is 5.79. The molecule has 0 radical (unpaired) electrons. The summed E-state index contributed by atoms with van der Waals surface area (Å²) in [5.41, 5.74) is 5.51. The van der Waals surface area contributed by atoms with Gasteiger partial charge >= 0.3 is 0 Å². The molecule has 1 fully saturated rings. The number of allylic oxidation sites excluding steroid dienone is 2. The van der Waals surface area contributed by atoms with Crippen molar-refractivity contribution < 1.29 is 0 Å². The van der Waals surface area contributed by atoms with Gasteiger partial charge in [0.25, 0.3) is 0 Å². The third kappa shape index (κ3) is 3.33. The van der Waals surface area contributed by atoms with Gasteiger partial charge in [-0.15, -0.1) is 0 Å². The number of nitrogens with one attached hydrogen (secondary N) is 1. The summed E-state index contributed by atoms with van der Waals surface area (Å²) in [6.45, 7) is 2.14. The Morgan fingerprint density at radius 1 is 1.00 bits per heavy atom. The van der Waals surface area contributed by atoms with Crippen LogP contribution in [0.25, 0.3) is 0 Å². The summed E-state index contributed by atoms with van der Waals surface area (Å²) in [5, 5.41) is 3.87. The van der Waals surface area contributed by atoms with Gasteiger partial charge in [0.05, 0.1) is 6.04 Å². The van der Waals surface area contributed by atoms with Crippen LogP contribution in [0.4, 0.5) is 0 Å². The maximum atomic E-state index is 4.83. The molecule has 1 heterocycles. The summed E-state index contributed by atoms with van der Waals surface area (Å²) in [4.78, 5) is 4.83. The molecule has 1 aromatic rings. The zero-order valence-electron chi connectivity index (χ0n) is 14.7. The van der Waals surface area contributed by atoms with E-state index in [1.165, 1.54) is 67.5 Å². The largest absolute Gasteiger partial charge is 0.382 e. The molecule has 1 aromatic carbocycles. The van der Waals surface area contributed by atoms with Gasteiger partial charge in [-0.3, -0.25) is 4.99 Å². The van der Waals surface area contributed by atoms with E-state index in [9.17, 15) is 0 Å². The number of fused-ring (bicyclic) bond motifs is 1. The molecule has 0 aromatic heterocycles. The number of hydrogen-bond donors (Lipinski definition) is 1. The lowest BCUT2D eigenvalue weighted by atomic mass is 9.81. The smallest absolute Gasteiger partial charge is 0.0769 e. The van der Waals surface area contributed by atoms with Crippen LogP contribution in [-0.4, -0.2) is 17.8 Å². The molecule has 0 spiro atoms. The maximum absolute atomic E-state index is 4.83. The first kappa shape index (κ1) is 15.7. The molecule has 4 rings (SSSR count). The molecular weight excluding hydrogens is 292 g/mol. The molecule has 1 unspecified atom stereocenters. The SMILES string of the molecule is CC1=NC2CCCC=C2C(NC2CCC(c3ccccc3)CC2)=C1. The number of dihydropyridines is 1. The van der Waals surface area contributed by atoms with Crippen LogP contribution in [0.5, 0.6) is 0 Å². The topological polar surface area (TPSA) is 24.4 Å². The highest BCUT2D eigenvalue weighted by atomic mass is 15.0. The lowest BCUT2D eigenvalue weighted by Gasteiger charge is -2.34. The second kappa shape index (κ2) is 6.96. The highest BCUT2D eigenvalue weighted by Crippen LogP contribution is 2.35. The molecule has 2 heteroatoms. The van der Waals surface area contributed by atoms with Crippen LogP contribution in [-0.2, 0) is 0 Å². The first-order valence-corrected chi connectivity index (χ1v) is 9.57. The molecule has 0 amide bonds. The summed E-state index contributed by atoms with van der Waals surface area (Å²) in [5.74, 6) is 0.745. The van der Waals surface area contributed by atoms with Crippen molar-refractivity contribution in [1.82, 2.24) is 5.32 Å². The predicted octanol–water partition coefficient (Wildman–Crippen LogP) is 5.14. The minimum absolute atomic E-state index is 0.409. The van der Waals surface area contributed by atoms with E-state index < -0.39 is 0 Å². The van der Waals surface area contributed by atoms with Crippen molar-refractivity contribution in [2.75, 3.05) is 0 Å². The highest BCUT2D eigenvalue weighted by molar-refractivity contribution is 5.95. The van der Waals surface area contributed by atoms with Crippen molar-refractivity contribution >= 4 is 5.71 Å². The van der Waals surface area contributed by atoms with Crippen LogP contribution in [0.2, 0.25) is 0 Å². The van der Waals surface area contributed by atoms with E-state index in [1.807, 2.05) is 0 Å². The minimum Gasteiger partial charge on any atom is -0.382 e. The van der Waals surface area contributed by atoms with Crippen molar-refractivity contribution in [1.29, 1.82) is 0 Å². The molecule has 1 atom stereocenters. The Kier molecular flexibility index (Phi) is 4.55. The Hall–Kier alpha value is -1.83. The summed E-state index contributed by atoms with van der Waals surface area (Å²) >= 11 is 0. The van der Waals surface area contributed by atoms with E-state index in [-0.39, 0.29) is 0 Å². The van der Waals surface area contributed by atoms with Gasteiger partial charge in [0, 0.05) is 17.5 Å². The van der Waals surface area contributed by atoms with Gasteiger partial charge in [-0.1, -0.05) is 36.4 Å². The van der Waals surface area contributed by atoms with Gasteiger partial charge < -0.3 is 5.32 Å². The number of aliphatic imine (C=N–C) groups is 1. The van der Waals surface area contributed by atoms with E-state index in [2.05, 4.69) is 54.7 Å². The molecule has 0 saturated heterocycles. The molecule has 2 aliphatic carbocycles. The molecule has 3 aliphatic rings. The fourth-order valence-corrected chi connectivity index (χ4v) is 4.50. The van der Waals surface area contributed by atoms with Crippen LogP contribution >= 0.6 is 0 Å². The Morgan fingerprint density at radius 2 is 1.79 bits per heavy atom. The molecule has 0 bridgehead atoms.